The van der Waals surface area contributed by atoms with Crippen LogP contribution in [0, 0.1) is 17.8 Å². The molecular formula is C14H25N3S. The second-order valence-corrected chi connectivity index (χ2v) is 5.86. The summed E-state index contributed by atoms with van der Waals surface area (Å²) in [6.07, 6.45) is 5.41. The molecule has 1 aliphatic carbocycles. The first-order valence-corrected chi connectivity index (χ1v) is 7.16. The highest BCUT2D eigenvalue weighted by atomic mass is 32.1. The first-order chi connectivity index (χ1) is 8.54. The zero-order valence-corrected chi connectivity index (χ0v) is 12.5. The minimum absolute atomic E-state index is 0.572. The molecule has 3 nitrogen and oxygen atoms in total. The maximum Gasteiger partial charge on any atom is 0.187 e. The molecule has 0 radical (unpaired) electrons. The summed E-state index contributed by atoms with van der Waals surface area (Å²) in [5, 5.41) is 8.11. The normalized spacial score (nSPS) is 26.1. The van der Waals surface area contributed by atoms with E-state index < -0.39 is 0 Å². The van der Waals surface area contributed by atoms with Gasteiger partial charge in [0.15, 0.2) is 5.11 Å². The molecule has 2 atom stereocenters. The Morgan fingerprint density at radius 1 is 1.56 bits per heavy atom. The van der Waals surface area contributed by atoms with Crippen LogP contribution in [0.15, 0.2) is 17.8 Å². The summed E-state index contributed by atoms with van der Waals surface area (Å²) in [5.74, 6) is 1.97. The summed E-state index contributed by atoms with van der Waals surface area (Å²) >= 11 is 5.14. The number of nitrogens with zero attached hydrogens (tertiary/aromatic N) is 1. The second-order valence-electron chi connectivity index (χ2n) is 5.45. The van der Waals surface area contributed by atoms with Crippen LogP contribution in [-0.2, 0) is 0 Å². The SMILES string of the molecule is C=CCNC(=S)N/N=C1/C[C@H](C)CC[C@H]1C(C)C. The predicted octanol–water partition coefficient (Wildman–Crippen LogP) is 3.08. The number of thiocarbonyl (C=S) groups is 1. The molecule has 18 heavy (non-hydrogen) atoms. The van der Waals surface area contributed by atoms with Gasteiger partial charge in [-0.3, -0.25) is 5.43 Å². The Morgan fingerprint density at radius 3 is 2.89 bits per heavy atom. The van der Waals surface area contributed by atoms with Gasteiger partial charge in [0.25, 0.3) is 0 Å². The number of rotatable bonds is 4. The molecule has 0 saturated heterocycles. The van der Waals surface area contributed by atoms with E-state index in [9.17, 15) is 0 Å². The maximum atomic E-state index is 5.14. The Hall–Kier alpha value is -0.900. The zero-order chi connectivity index (χ0) is 13.5. The van der Waals surface area contributed by atoms with E-state index in [4.69, 9.17) is 12.2 Å². The van der Waals surface area contributed by atoms with Crippen LogP contribution < -0.4 is 10.7 Å². The second kappa shape index (κ2) is 7.52. The van der Waals surface area contributed by atoms with Crippen molar-refractivity contribution in [1.82, 2.24) is 10.7 Å². The molecule has 102 valence electrons. The first-order valence-electron chi connectivity index (χ1n) is 6.75. The van der Waals surface area contributed by atoms with E-state index in [-0.39, 0.29) is 0 Å². The average Bonchev–Trinajstić information content (AvgIpc) is 2.33. The zero-order valence-electron chi connectivity index (χ0n) is 11.7. The lowest BCUT2D eigenvalue weighted by Gasteiger charge is -2.30. The van der Waals surface area contributed by atoms with E-state index in [0.717, 1.165) is 12.3 Å². The van der Waals surface area contributed by atoms with E-state index in [0.29, 0.717) is 23.5 Å². The lowest BCUT2D eigenvalue weighted by Crippen LogP contribution is -2.35. The molecule has 0 aromatic carbocycles. The van der Waals surface area contributed by atoms with Crippen LogP contribution in [0.3, 0.4) is 0 Å². The molecule has 0 bridgehead atoms. The highest BCUT2D eigenvalue weighted by molar-refractivity contribution is 7.80. The summed E-state index contributed by atoms with van der Waals surface area (Å²) in [5.41, 5.74) is 4.22. The molecular weight excluding hydrogens is 242 g/mol. The molecule has 1 rings (SSSR count). The van der Waals surface area contributed by atoms with Gasteiger partial charge in [-0.1, -0.05) is 26.8 Å². The molecule has 2 N–H and O–H groups in total. The van der Waals surface area contributed by atoms with Crippen molar-refractivity contribution in [3.63, 3.8) is 0 Å². The number of hydrogen-bond acceptors (Lipinski definition) is 2. The topological polar surface area (TPSA) is 36.4 Å². The third kappa shape index (κ3) is 4.77. The van der Waals surface area contributed by atoms with Crippen LogP contribution in [-0.4, -0.2) is 17.4 Å². The maximum absolute atomic E-state index is 5.14. The van der Waals surface area contributed by atoms with Crippen LogP contribution >= 0.6 is 12.2 Å². The molecule has 0 aromatic rings. The smallest absolute Gasteiger partial charge is 0.187 e. The van der Waals surface area contributed by atoms with Crippen molar-refractivity contribution in [2.24, 2.45) is 22.9 Å². The first kappa shape index (κ1) is 15.2. The molecule has 1 saturated carbocycles. The standard InChI is InChI=1S/C14H25N3S/c1-5-8-15-14(18)17-16-13-9-11(4)6-7-12(13)10(2)3/h5,10-12H,1,6-9H2,2-4H3,(H2,15,17,18)/b16-13-/t11-,12+/m1/s1. The van der Waals surface area contributed by atoms with E-state index in [1.54, 1.807) is 6.08 Å². The summed E-state index contributed by atoms with van der Waals surface area (Å²) in [4.78, 5) is 0. The summed E-state index contributed by atoms with van der Waals surface area (Å²) in [6, 6.07) is 0. The van der Waals surface area contributed by atoms with Gasteiger partial charge in [0.2, 0.25) is 0 Å². The summed E-state index contributed by atoms with van der Waals surface area (Å²) in [6.45, 7) is 11.1. The Bertz CT molecular complexity index is 323. The van der Waals surface area contributed by atoms with Crippen molar-refractivity contribution < 1.29 is 0 Å². The van der Waals surface area contributed by atoms with Crippen molar-refractivity contribution in [1.29, 1.82) is 0 Å². The molecule has 1 fully saturated rings. The summed E-state index contributed by atoms with van der Waals surface area (Å²) in [7, 11) is 0. The molecule has 4 heteroatoms. The van der Waals surface area contributed by atoms with Crippen molar-refractivity contribution in [3.05, 3.63) is 12.7 Å². The van der Waals surface area contributed by atoms with Crippen molar-refractivity contribution in [2.45, 2.75) is 40.0 Å². The largest absolute Gasteiger partial charge is 0.358 e. The molecule has 0 unspecified atom stereocenters. The third-order valence-corrected chi connectivity index (χ3v) is 3.70. The van der Waals surface area contributed by atoms with Gasteiger partial charge in [-0.05, 0) is 43.3 Å². The van der Waals surface area contributed by atoms with Gasteiger partial charge in [0.05, 0.1) is 0 Å². The van der Waals surface area contributed by atoms with Crippen molar-refractivity contribution >= 4 is 23.0 Å². The fourth-order valence-electron chi connectivity index (χ4n) is 2.41. The molecule has 0 spiro atoms. The number of hydrazone groups is 1. The fraction of sp³-hybridized carbons (Fsp3) is 0.714. The van der Waals surface area contributed by atoms with Gasteiger partial charge in [-0.25, -0.2) is 0 Å². The number of nitrogens with one attached hydrogen (secondary N) is 2. The summed E-state index contributed by atoms with van der Waals surface area (Å²) < 4.78 is 0. The minimum atomic E-state index is 0.572. The monoisotopic (exact) mass is 267 g/mol. The minimum Gasteiger partial charge on any atom is -0.358 e. The van der Waals surface area contributed by atoms with E-state index in [2.05, 4.69) is 43.2 Å². The van der Waals surface area contributed by atoms with Gasteiger partial charge in [-0.2, -0.15) is 5.10 Å². The fourth-order valence-corrected chi connectivity index (χ4v) is 2.54. The van der Waals surface area contributed by atoms with E-state index in [1.807, 2.05) is 0 Å². The Balaban J connectivity index is 2.58. The Kier molecular flexibility index (Phi) is 6.33. The van der Waals surface area contributed by atoms with Crippen molar-refractivity contribution in [2.75, 3.05) is 6.54 Å². The molecule has 1 aliphatic rings. The number of hydrogen-bond donors (Lipinski definition) is 2. The third-order valence-electron chi connectivity index (χ3n) is 3.47. The lowest BCUT2D eigenvalue weighted by atomic mass is 9.76. The van der Waals surface area contributed by atoms with Gasteiger partial charge in [0.1, 0.15) is 0 Å². The Labute approximate surface area is 116 Å². The van der Waals surface area contributed by atoms with Crippen LogP contribution in [0.5, 0.6) is 0 Å². The Morgan fingerprint density at radius 2 is 2.28 bits per heavy atom. The van der Waals surface area contributed by atoms with Gasteiger partial charge in [0, 0.05) is 18.2 Å². The van der Waals surface area contributed by atoms with Crippen LogP contribution in [0.25, 0.3) is 0 Å². The molecule has 0 heterocycles. The average molecular weight is 267 g/mol. The highest BCUT2D eigenvalue weighted by Crippen LogP contribution is 2.31. The predicted molar refractivity (Wildman–Crippen MR) is 82.7 cm³/mol. The highest BCUT2D eigenvalue weighted by Gasteiger charge is 2.27. The van der Waals surface area contributed by atoms with Gasteiger partial charge >= 0.3 is 0 Å². The molecule has 0 amide bonds. The van der Waals surface area contributed by atoms with E-state index in [1.165, 1.54) is 18.6 Å². The lowest BCUT2D eigenvalue weighted by molar-refractivity contribution is 0.363. The van der Waals surface area contributed by atoms with Crippen molar-refractivity contribution in [3.8, 4) is 0 Å². The van der Waals surface area contributed by atoms with E-state index >= 15 is 0 Å². The van der Waals surface area contributed by atoms with Gasteiger partial charge in [-0.15, -0.1) is 6.58 Å². The molecule has 0 aliphatic heterocycles. The van der Waals surface area contributed by atoms with Crippen LogP contribution in [0.4, 0.5) is 0 Å². The molecule has 0 aromatic heterocycles. The quantitative estimate of drug-likeness (QED) is 0.467. The van der Waals surface area contributed by atoms with Crippen LogP contribution in [0.1, 0.15) is 40.0 Å². The van der Waals surface area contributed by atoms with Crippen LogP contribution in [0.2, 0.25) is 0 Å². The van der Waals surface area contributed by atoms with Gasteiger partial charge < -0.3 is 5.32 Å².